The van der Waals surface area contributed by atoms with Crippen LogP contribution in [0.4, 0.5) is 4.39 Å². The Morgan fingerprint density at radius 1 is 1.21 bits per heavy atom. The normalized spacial score (nSPS) is 12.3. The second-order valence-corrected chi connectivity index (χ2v) is 6.22. The van der Waals surface area contributed by atoms with E-state index in [9.17, 15) is 4.39 Å². The molecule has 1 nitrogen and oxygen atoms in total. The molecule has 0 radical (unpaired) electrons. The SMILES string of the molecule is COc1ccc(Cl)cc1C(Br)c1cc(F)cc(Br)c1. The molecule has 0 fully saturated rings. The molecular formula is C14H10Br2ClFO. The van der Waals surface area contributed by atoms with Gasteiger partial charge in [0.15, 0.2) is 0 Å². The molecule has 0 aromatic heterocycles. The molecule has 19 heavy (non-hydrogen) atoms. The maximum Gasteiger partial charge on any atom is 0.124 e. The van der Waals surface area contributed by atoms with Crippen LogP contribution in [-0.4, -0.2) is 7.11 Å². The van der Waals surface area contributed by atoms with Gasteiger partial charge in [0, 0.05) is 15.1 Å². The van der Waals surface area contributed by atoms with Crippen LogP contribution in [0.2, 0.25) is 5.02 Å². The Labute approximate surface area is 133 Å². The zero-order valence-corrected chi connectivity index (χ0v) is 13.9. The van der Waals surface area contributed by atoms with E-state index in [0.717, 1.165) is 11.1 Å². The van der Waals surface area contributed by atoms with Crippen LogP contribution in [0.3, 0.4) is 0 Å². The van der Waals surface area contributed by atoms with Gasteiger partial charge in [-0.05, 0) is 42.0 Å². The minimum atomic E-state index is -0.296. The minimum absolute atomic E-state index is 0.201. The van der Waals surface area contributed by atoms with Gasteiger partial charge in [0.1, 0.15) is 11.6 Å². The van der Waals surface area contributed by atoms with Gasteiger partial charge in [-0.15, -0.1) is 0 Å². The van der Waals surface area contributed by atoms with Crippen LogP contribution >= 0.6 is 43.5 Å². The van der Waals surface area contributed by atoms with E-state index in [2.05, 4.69) is 31.9 Å². The van der Waals surface area contributed by atoms with Crippen LogP contribution < -0.4 is 4.74 Å². The summed E-state index contributed by atoms with van der Waals surface area (Å²) >= 11 is 12.9. The zero-order valence-electron chi connectivity index (χ0n) is 9.96. The Morgan fingerprint density at radius 2 is 1.95 bits per heavy atom. The average molecular weight is 408 g/mol. The quantitative estimate of drug-likeness (QED) is 0.589. The van der Waals surface area contributed by atoms with Crippen molar-refractivity contribution in [1.82, 2.24) is 0 Å². The first-order valence-electron chi connectivity index (χ1n) is 5.44. The Balaban J connectivity index is 2.48. The molecule has 0 spiro atoms. The first-order chi connectivity index (χ1) is 9.01. The molecule has 100 valence electrons. The van der Waals surface area contributed by atoms with Crippen molar-refractivity contribution in [3.8, 4) is 5.75 Å². The van der Waals surface area contributed by atoms with Crippen molar-refractivity contribution < 1.29 is 9.13 Å². The van der Waals surface area contributed by atoms with Gasteiger partial charge in [-0.3, -0.25) is 0 Å². The Hall–Kier alpha value is -0.580. The fourth-order valence-electron chi connectivity index (χ4n) is 1.80. The molecule has 0 aliphatic carbocycles. The lowest BCUT2D eigenvalue weighted by Crippen LogP contribution is -1.98. The number of ether oxygens (including phenoxy) is 1. The molecule has 2 aromatic carbocycles. The summed E-state index contributed by atoms with van der Waals surface area (Å²) in [6.07, 6.45) is 0. The fourth-order valence-corrected chi connectivity index (χ4v) is 3.09. The maximum absolute atomic E-state index is 13.5. The van der Waals surface area contributed by atoms with Crippen molar-refractivity contribution in [3.63, 3.8) is 0 Å². The lowest BCUT2D eigenvalue weighted by molar-refractivity contribution is 0.410. The third-order valence-corrected chi connectivity index (χ3v) is 4.36. The summed E-state index contributed by atoms with van der Waals surface area (Å²) in [5, 5.41) is 0.607. The van der Waals surface area contributed by atoms with Crippen LogP contribution in [0.1, 0.15) is 16.0 Å². The van der Waals surface area contributed by atoms with Gasteiger partial charge in [-0.2, -0.15) is 0 Å². The van der Waals surface area contributed by atoms with Crippen LogP contribution in [-0.2, 0) is 0 Å². The molecule has 0 bridgehead atoms. The largest absolute Gasteiger partial charge is 0.496 e. The number of rotatable bonds is 3. The van der Waals surface area contributed by atoms with E-state index in [1.54, 1.807) is 25.3 Å². The number of hydrogen-bond donors (Lipinski definition) is 0. The van der Waals surface area contributed by atoms with E-state index in [4.69, 9.17) is 16.3 Å². The standard InChI is InChI=1S/C14H10Br2ClFO/c1-19-13-3-2-10(17)7-12(13)14(16)8-4-9(15)6-11(18)5-8/h2-7,14H,1H3. The van der Waals surface area contributed by atoms with Crippen molar-refractivity contribution in [2.24, 2.45) is 0 Å². The monoisotopic (exact) mass is 406 g/mol. The number of benzene rings is 2. The molecule has 0 aliphatic rings. The van der Waals surface area contributed by atoms with Gasteiger partial charge in [0.05, 0.1) is 11.9 Å². The molecule has 1 unspecified atom stereocenters. The van der Waals surface area contributed by atoms with E-state index in [1.165, 1.54) is 12.1 Å². The Bertz CT molecular complexity index is 584. The highest BCUT2D eigenvalue weighted by Gasteiger charge is 2.17. The minimum Gasteiger partial charge on any atom is -0.496 e. The van der Waals surface area contributed by atoms with Crippen molar-refractivity contribution in [1.29, 1.82) is 0 Å². The number of methoxy groups -OCH3 is 1. The molecular weight excluding hydrogens is 398 g/mol. The average Bonchev–Trinajstić information content (AvgIpc) is 2.36. The van der Waals surface area contributed by atoms with Crippen molar-refractivity contribution in [2.75, 3.05) is 7.11 Å². The molecule has 0 amide bonds. The van der Waals surface area contributed by atoms with Gasteiger partial charge >= 0.3 is 0 Å². The van der Waals surface area contributed by atoms with E-state index >= 15 is 0 Å². The summed E-state index contributed by atoms with van der Waals surface area (Å²) < 4.78 is 19.5. The highest BCUT2D eigenvalue weighted by molar-refractivity contribution is 9.10. The third kappa shape index (κ3) is 3.50. The van der Waals surface area contributed by atoms with Crippen molar-refractivity contribution in [3.05, 3.63) is 62.8 Å². The third-order valence-electron chi connectivity index (χ3n) is 2.64. The molecule has 0 aliphatic heterocycles. The highest BCUT2D eigenvalue weighted by Crippen LogP contribution is 2.38. The summed E-state index contributed by atoms with van der Waals surface area (Å²) in [7, 11) is 1.59. The van der Waals surface area contributed by atoms with Crippen molar-refractivity contribution in [2.45, 2.75) is 4.83 Å². The van der Waals surface area contributed by atoms with E-state index < -0.39 is 0 Å². The maximum atomic E-state index is 13.5. The van der Waals surface area contributed by atoms with E-state index in [0.29, 0.717) is 15.2 Å². The van der Waals surface area contributed by atoms with E-state index in [1.807, 2.05) is 6.07 Å². The second-order valence-electron chi connectivity index (χ2n) is 3.95. The molecule has 0 N–H and O–H groups in total. The molecule has 0 heterocycles. The van der Waals surface area contributed by atoms with Gasteiger partial charge in [0.25, 0.3) is 0 Å². The van der Waals surface area contributed by atoms with Crippen LogP contribution in [0.25, 0.3) is 0 Å². The summed E-state index contributed by atoms with van der Waals surface area (Å²) in [5.41, 5.74) is 1.64. The first-order valence-corrected chi connectivity index (χ1v) is 7.53. The number of alkyl halides is 1. The smallest absolute Gasteiger partial charge is 0.124 e. The Kier molecular flexibility index (Phi) is 4.87. The van der Waals surface area contributed by atoms with Gasteiger partial charge in [0.2, 0.25) is 0 Å². The summed E-state index contributed by atoms with van der Waals surface area (Å²) in [6.45, 7) is 0. The van der Waals surface area contributed by atoms with Crippen LogP contribution in [0.5, 0.6) is 5.75 Å². The molecule has 2 aromatic rings. The number of hydrogen-bond acceptors (Lipinski definition) is 1. The van der Waals surface area contributed by atoms with E-state index in [-0.39, 0.29) is 10.6 Å². The molecule has 5 heteroatoms. The second kappa shape index (κ2) is 6.25. The van der Waals surface area contributed by atoms with Gasteiger partial charge < -0.3 is 4.74 Å². The topological polar surface area (TPSA) is 9.23 Å². The van der Waals surface area contributed by atoms with Crippen LogP contribution in [0, 0.1) is 5.82 Å². The molecule has 0 saturated carbocycles. The summed E-state index contributed by atoms with van der Waals surface area (Å²) in [4.78, 5) is -0.201. The van der Waals surface area contributed by atoms with Gasteiger partial charge in [-0.1, -0.05) is 43.5 Å². The number of halogens is 4. The lowest BCUT2D eigenvalue weighted by atomic mass is 10.0. The molecule has 1 atom stereocenters. The predicted octanol–water partition coefficient (Wildman–Crippen LogP) is 5.73. The van der Waals surface area contributed by atoms with Crippen LogP contribution in [0.15, 0.2) is 40.9 Å². The molecule has 2 rings (SSSR count). The van der Waals surface area contributed by atoms with Gasteiger partial charge in [-0.25, -0.2) is 4.39 Å². The van der Waals surface area contributed by atoms with Crippen molar-refractivity contribution >= 4 is 43.5 Å². The predicted molar refractivity (Wildman–Crippen MR) is 82.9 cm³/mol. The molecule has 0 saturated heterocycles. The lowest BCUT2D eigenvalue weighted by Gasteiger charge is -2.15. The zero-order chi connectivity index (χ0) is 14.0. The summed E-state index contributed by atoms with van der Waals surface area (Å²) in [5.74, 6) is 0.404. The summed E-state index contributed by atoms with van der Waals surface area (Å²) in [6, 6.07) is 10.1. The highest BCUT2D eigenvalue weighted by atomic mass is 79.9. The first kappa shape index (κ1) is 14.8. The Morgan fingerprint density at radius 3 is 2.58 bits per heavy atom. The fraction of sp³-hybridized carbons (Fsp3) is 0.143.